The predicted molar refractivity (Wildman–Crippen MR) is 65.8 cm³/mol. The Morgan fingerprint density at radius 3 is 2.82 bits per heavy atom. The van der Waals surface area contributed by atoms with Crippen molar-refractivity contribution in [2.75, 3.05) is 6.61 Å². The van der Waals surface area contributed by atoms with Crippen LogP contribution in [0.4, 0.5) is 4.79 Å². The molecule has 0 radical (unpaired) electrons. The molecule has 0 unspecified atom stereocenters. The van der Waals surface area contributed by atoms with Crippen molar-refractivity contribution < 1.29 is 9.53 Å². The molecular formula is C14H13NO2. The van der Waals surface area contributed by atoms with Crippen LogP contribution in [-0.2, 0) is 4.74 Å². The monoisotopic (exact) mass is 227 g/mol. The topological polar surface area (TPSA) is 38.3 Å². The third kappa shape index (κ3) is 1.84. The Morgan fingerprint density at radius 1 is 1.12 bits per heavy atom. The van der Waals surface area contributed by atoms with E-state index < -0.39 is 0 Å². The number of hydrogen-bond donors (Lipinski definition) is 1. The molecule has 1 atom stereocenters. The molecule has 0 spiro atoms. The summed E-state index contributed by atoms with van der Waals surface area (Å²) in [5.41, 5.74) is 1.17. The third-order valence-corrected chi connectivity index (χ3v) is 3.13. The zero-order chi connectivity index (χ0) is 11.7. The standard InChI is InChI=1S/C14H13NO2/c16-14-15-13(8-9-17-14)12-7-3-5-10-4-1-2-6-11(10)12/h1-7,13H,8-9H2,(H,15,16)/t13-/m0/s1. The Morgan fingerprint density at radius 2 is 1.94 bits per heavy atom. The van der Waals surface area contributed by atoms with Gasteiger partial charge in [0.2, 0.25) is 0 Å². The molecule has 1 N–H and O–H groups in total. The molecule has 2 aromatic rings. The molecule has 1 aliphatic heterocycles. The first-order chi connectivity index (χ1) is 8.34. The predicted octanol–water partition coefficient (Wildman–Crippen LogP) is 3.01. The normalized spacial score (nSPS) is 19.8. The molecule has 3 rings (SSSR count). The first kappa shape index (κ1) is 10.1. The van der Waals surface area contributed by atoms with Crippen molar-refractivity contribution >= 4 is 16.9 Å². The Balaban J connectivity index is 2.07. The van der Waals surface area contributed by atoms with Crippen molar-refractivity contribution in [1.29, 1.82) is 0 Å². The van der Waals surface area contributed by atoms with Gasteiger partial charge in [-0.1, -0.05) is 42.5 Å². The van der Waals surface area contributed by atoms with E-state index in [9.17, 15) is 4.79 Å². The van der Waals surface area contributed by atoms with E-state index in [1.807, 2.05) is 18.2 Å². The quantitative estimate of drug-likeness (QED) is 0.813. The molecule has 1 fully saturated rings. The number of hydrogen-bond acceptors (Lipinski definition) is 2. The number of benzene rings is 2. The van der Waals surface area contributed by atoms with Gasteiger partial charge in [-0.15, -0.1) is 0 Å². The van der Waals surface area contributed by atoms with Crippen LogP contribution in [0.3, 0.4) is 0 Å². The Hall–Kier alpha value is -2.03. The second-order valence-electron chi connectivity index (χ2n) is 4.19. The number of cyclic esters (lactones) is 1. The van der Waals surface area contributed by atoms with E-state index in [-0.39, 0.29) is 12.1 Å². The van der Waals surface area contributed by atoms with Crippen LogP contribution in [0.25, 0.3) is 10.8 Å². The van der Waals surface area contributed by atoms with Gasteiger partial charge in [-0.05, 0) is 16.3 Å². The van der Waals surface area contributed by atoms with Crippen LogP contribution in [0.1, 0.15) is 18.0 Å². The van der Waals surface area contributed by atoms with Gasteiger partial charge in [-0.3, -0.25) is 0 Å². The number of fused-ring (bicyclic) bond motifs is 1. The highest BCUT2D eigenvalue weighted by Crippen LogP contribution is 2.27. The number of carbonyl (C=O) groups is 1. The van der Waals surface area contributed by atoms with Crippen LogP contribution in [0.2, 0.25) is 0 Å². The summed E-state index contributed by atoms with van der Waals surface area (Å²) in [5, 5.41) is 5.26. The van der Waals surface area contributed by atoms with Crippen LogP contribution in [0.15, 0.2) is 42.5 Å². The Kier molecular flexibility index (Phi) is 2.44. The fourth-order valence-corrected chi connectivity index (χ4v) is 2.31. The number of alkyl carbamates (subject to hydrolysis) is 1. The molecule has 17 heavy (non-hydrogen) atoms. The molecule has 0 saturated carbocycles. The van der Waals surface area contributed by atoms with Gasteiger partial charge in [0.25, 0.3) is 0 Å². The van der Waals surface area contributed by atoms with E-state index in [1.54, 1.807) is 0 Å². The zero-order valence-electron chi connectivity index (χ0n) is 9.35. The summed E-state index contributed by atoms with van der Waals surface area (Å²) in [5.74, 6) is 0. The minimum atomic E-state index is -0.325. The van der Waals surface area contributed by atoms with Gasteiger partial charge < -0.3 is 10.1 Å². The smallest absolute Gasteiger partial charge is 0.407 e. The first-order valence-electron chi connectivity index (χ1n) is 5.75. The molecule has 1 aliphatic rings. The van der Waals surface area contributed by atoms with Gasteiger partial charge in [0.05, 0.1) is 12.6 Å². The van der Waals surface area contributed by atoms with Gasteiger partial charge in [0.15, 0.2) is 0 Å². The second kappa shape index (κ2) is 4.09. The van der Waals surface area contributed by atoms with Crippen molar-refractivity contribution in [1.82, 2.24) is 5.32 Å². The average molecular weight is 227 g/mol. The first-order valence-corrected chi connectivity index (χ1v) is 5.75. The summed E-state index contributed by atoms with van der Waals surface area (Å²) in [6.45, 7) is 0.486. The second-order valence-corrected chi connectivity index (χ2v) is 4.19. The number of rotatable bonds is 1. The van der Waals surface area contributed by atoms with Crippen molar-refractivity contribution in [3.05, 3.63) is 48.0 Å². The number of ether oxygens (including phenoxy) is 1. The van der Waals surface area contributed by atoms with Gasteiger partial charge in [-0.25, -0.2) is 4.79 Å². The van der Waals surface area contributed by atoms with Crippen LogP contribution in [0, 0.1) is 0 Å². The van der Waals surface area contributed by atoms with Gasteiger partial charge in [0, 0.05) is 6.42 Å². The molecule has 1 heterocycles. The summed E-state index contributed by atoms with van der Waals surface area (Å²) in [7, 11) is 0. The van der Waals surface area contributed by atoms with Gasteiger partial charge in [-0.2, -0.15) is 0 Å². The molecule has 1 amide bonds. The number of amides is 1. The lowest BCUT2D eigenvalue weighted by Gasteiger charge is -2.24. The van der Waals surface area contributed by atoms with Crippen LogP contribution in [0.5, 0.6) is 0 Å². The lowest BCUT2D eigenvalue weighted by molar-refractivity contribution is 0.116. The maximum Gasteiger partial charge on any atom is 0.407 e. The summed E-state index contributed by atoms with van der Waals surface area (Å²) in [6.07, 6.45) is 0.494. The number of carbonyl (C=O) groups excluding carboxylic acids is 1. The van der Waals surface area contributed by atoms with E-state index in [2.05, 4.69) is 29.6 Å². The highest BCUT2D eigenvalue weighted by molar-refractivity contribution is 5.86. The van der Waals surface area contributed by atoms with Crippen molar-refractivity contribution in [3.8, 4) is 0 Å². The highest BCUT2D eigenvalue weighted by atomic mass is 16.5. The molecule has 0 bridgehead atoms. The van der Waals surface area contributed by atoms with E-state index in [0.29, 0.717) is 6.61 Å². The molecule has 86 valence electrons. The Labute approximate surface area is 99.4 Å². The third-order valence-electron chi connectivity index (χ3n) is 3.13. The molecule has 2 aromatic carbocycles. The summed E-state index contributed by atoms with van der Waals surface area (Å²) >= 11 is 0. The average Bonchev–Trinajstić information content (AvgIpc) is 2.38. The molecule has 3 nitrogen and oxygen atoms in total. The number of nitrogens with one attached hydrogen (secondary N) is 1. The largest absolute Gasteiger partial charge is 0.449 e. The summed E-state index contributed by atoms with van der Waals surface area (Å²) < 4.78 is 4.89. The van der Waals surface area contributed by atoms with Crippen LogP contribution in [-0.4, -0.2) is 12.7 Å². The molecule has 3 heteroatoms. The summed E-state index contributed by atoms with van der Waals surface area (Å²) in [6, 6.07) is 14.5. The SMILES string of the molecule is O=C1N[C@H](c2cccc3ccccc23)CCO1. The maximum absolute atomic E-state index is 11.2. The van der Waals surface area contributed by atoms with Crippen molar-refractivity contribution in [2.45, 2.75) is 12.5 Å². The highest BCUT2D eigenvalue weighted by Gasteiger charge is 2.21. The molecule has 0 aliphatic carbocycles. The van der Waals surface area contributed by atoms with E-state index in [4.69, 9.17) is 4.74 Å². The Bertz CT molecular complexity index is 560. The van der Waals surface area contributed by atoms with Gasteiger partial charge >= 0.3 is 6.09 Å². The lowest BCUT2D eigenvalue weighted by Crippen LogP contribution is -2.35. The minimum Gasteiger partial charge on any atom is -0.449 e. The van der Waals surface area contributed by atoms with E-state index >= 15 is 0 Å². The maximum atomic E-state index is 11.2. The molecule has 0 aromatic heterocycles. The minimum absolute atomic E-state index is 0.0577. The fourth-order valence-electron chi connectivity index (χ4n) is 2.31. The zero-order valence-corrected chi connectivity index (χ0v) is 9.35. The lowest BCUT2D eigenvalue weighted by atomic mass is 9.96. The van der Waals surface area contributed by atoms with Gasteiger partial charge in [0.1, 0.15) is 0 Å². The van der Waals surface area contributed by atoms with E-state index in [1.165, 1.54) is 16.3 Å². The summed E-state index contributed by atoms with van der Waals surface area (Å²) in [4.78, 5) is 11.2. The van der Waals surface area contributed by atoms with Crippen LogP contribution >= 0.6 is 0 Å². The molecule has 1 saturated heterocycles. The fraction of sp³-hybridized carbons (Fsp3) is 0.214. The van der Waals surface area contributed by atoms with Crippen molar-refractivity contribution in [2.24, 2.45) is 0 Å². The van der Waals surface area contributed by atoms with Crippen molar-refractivity contribution in [3.63, 3.8) is 0 Å². The van der Waals surface area contributed by atoms with Crippen LogP contribution < -0.4 is 5.32 Å². The van der Waals surface area contributed by atoms with E-state index in [0.717, 1.165) is 6.42 Å². The molecular weight excluding hydrogens is 214 g/mol.